The summed E-state index contributed by atoms with van der Waals surface area (Å²) < 4.78 is 0. The van der Waals surface area contributed by atoms with E-state index in [1.807, 2.05) is 12.3 Å². The highest BCUT2D eigenvalue weighted by molar-refractivity contribution is 5.53. The zero-order chi connectivity index (χ0) is 14.5. The van der Waals surface area contributed by atoms with Gasteiger partial charge in [0.1, 0.15) is 0 Å². The molecule has 21 heavy (non-hydrogen) atoms. The van der Waals surface area contributed by atoms with E-state index in [1.165, 1.54) is 23.4 Å². The number of likely N-dealkylation sites (N-methyl/N-ethyl adjacent to an activating group) is 1. The van der Waals surface area contributed by atoms with Crippen molar-refractivity contribution in [1.82, 2.24) is 9.88 Å². The zero-order valence-corrected chi connectivity index (χ0v) is 12.6. The first-order valence-corrected chi connectivity index (χ1v) is 7.71. The number of aromatic nitrogens is 1. The van der Waals surface area contributed by atoms with Crippen LogP contribution in [-0.2, 0) is 12.8 Å². The molecular formula is C18H23N3. The zero-order valence-electron chi connectivity index (χ0n) is 12.6. The van der Waals surface area contributed by atoms with Gasteiger partial charge in [0.15, 0.2) is 0 Å². The van der Waals surface area contributed by atoms with E-state index in [9.17, 15) is 0 Å². The molecule has 1 N–H and O–H groups in total. The van der Waals surface area contributed by atoms with Gasteiger partial charge in [0.05, 0.1) is 0 Å². The molecule has 110 valence electrons. The molecule has 0 radical (unpaired) electrons. The number of hydrogen-bond donors (Lipinski definition) is 1. The van der Waals surface area contributed by atoms with Crippen molar-refractivity contribution in [3.63, 3.8) is 0 Å². The number of nitrogens with one attached hydrogen (secondary N) is 1. The Morgan fingerprint density at radius 3 is 2.90 bits per heavy atom. The molecule has 0 saturated carbocycles. The third-order valence-corrected chi connectivity index (χ3v) is 4.15. The average molecular weight is 281 g/mol. The van der Waals surface area contributed by atoms with E-state index in [0.29, 0.717) is 5.92 Å². The Labute approximate surface area is 127 Å². The summed E-state index contributed by atoms with van der Waals surface area (Å²) in [4.78, 5) is 6.81. The van der Waals surface area contributed by atoms with Crippen molar-refractivity contribution in [3.8, 4) is 0 Å². The second kappa shape index (κ2) is 6.72. The number of fused-ring (bicyclic) bond motifs is 1. The molecule has 1 unspecified atom stereocenters. The topological polar surface area (TPSA) is 28.2 Å². The lowest BCUT2D eigenvalue weighted by atomic mass is 9.93. The SMILES string of the molecule is CN(CCc1ccccn1)CC1CNc2ccccc2C1. The molecule has 1 atom stereocenters. The van der Waals surface area contributed by atoms with Gasteiger partial charge in [-0.2, -0.15) is 0 Å². The third-order valence-electron chi connectivity index (χ3n) is 4.15. The standard InChI is InChI=1S/C18H23N3/c1-21(11-9-17-7-4-5-10-19-17)14-15-12-16-6-2-3-8-18(16)20-13-15/h2-8,10,15,20H,9,11-14H2,1H3. The van der Waals surface area contributed by atoms with Crippen LogP contribution in [0, 0.1) is 5.92 Å². The molecule has 0 saturated heterocycles. The fourth-order valence-corrected chi connectivity index (χ4v) is 3.02. The number of nitrogens with zero attached hydrogens (tertiary/aromatic N) is 2. The van der Waals surface area contributed by atoms with Crippen LogP contribution in [0.4, 0.5) is 5.69 Å². The van der Waals surface area contributed by atoms with E-state index >= 15 is 0 Å². The molecule has 1 aliphatic heterocycles. The minimum Gasteiger partial charge on any atom is -0.384 e. The predicted molar refractivity (Wildman–Crippen MR) is 87.6 cm³/mol. The minimum atomic E-state index is 0.689. The number of rotatable bonds is 5. The quantitative estimate of drug-likeness (QED) is 0.913. The van der Waals surface area contributed by atoms with E-state index in [0.717, 1.165) is 26.1 Å². The Hall–Kier alpha value is -1.87. The highest BCUT2D eigenvalue weighted by Gasteiger charge is 2.18. The van der Waals surface area contributed by atoms with Gasteiger partial charge in [-0.25, -0.2) is 0 Å². The van der Waals surface area contributed by atoms with Crippen LogP contribution in [0.3, 0.4) is 0 Å². The molecule has 3 rings (SSSR count). The van der Waals surface area contributed by atoms with Crippen LogP contribution >= 0.6 is 0 Å². The van der Waals surface area contributed by atoms with Crippen molar-refractivity contribution in [3.05, 3.63) is 59.9 Å². The van der Waals surface area contributed by atoms with Crippen LogP contribution in [-0.4, -0.2) is 36.6 Å². The minimum absolute atomic E-state index is 0.689. The summed E-state index contributed by atoms with van der Waals surface area (Å²) in [6, 6.07) is 14.8. The fourth-order valence-electron chi connectivity index (χ4n) is 3.02. The fraction of sp³-hybridized carbons (Fsp3) is 0.389. The van der Waals surface area contributed by atoms with Crippen LogP contribution in [0.15, 0.2) is 48.7 Å². The molecule has 2 heterocycles. The molecule has 0 fully saturated rings. The molecule has 2 aromatic rings. The number of pyridine rings is 1. The van der Waals surface area contributed by atoms with Crippen molar-refractivity contribution >= 4 is 5.69 Å². The summed E-state index contributed by atoms with van der Waals surface area (Å²) in [6.45, 7) is 3.27. The van der Waals surface area contributed by atoms with Gasteiger partial charge in [-0.1, -0.05) is 24.3 Å². The Kier molecular flexibility index (Phi) is 4.51. The van der Waals surface area contributed by atoms with Crippen molar-refractivity contribution in [1.29, 1.82) is 0 Å². The van der Waals surface area contributed by atoms with Gasteiger partial charge in [0, 0.05) is 43.6 Å². The second-order valence-corrected chi connectivity index (χ2v) is 5.94. The van der Waals surface area contributed by atoms with Gasteiger partial charge in [0.25, 0.3) is 0 Å². The average Bonchev–Trinajstić information content (AvgIpc) is 2.54. The van der Waals surface area contributed by atoms with Gasteiger partial charge in [0.2, 0.25) is 0 Å². The van der Waals surface area contributed by atoms with E-state index in [2.05, 4.69) is 58.6 Å². The number of hydrogen-bond acceptors (Lipinski definition) is 3. The Bertz CT molecular complexity index is 568. The molecular weight excluding hydrogens is 258 g/mol. The monoisotopic (exact) mass is 281 g/mol. The van der Waals surface area contributed by atoms with E-state index in [1.54, 1.807) is 0 Å². The first-order valence-electron chi connectivity index (χ1n) is 7.71. The van der Waals surface area contributed by atoms with Crippen LogP contribution in [0.25, 0.3) is 0 Å². The molecule has 1 aliphatic rings. The lowest BCUT2D eigenvalue weighted by Crippen LogP contribution is -2.34. The first-order chi connectivity index (χ1) is 10.3. The summed E-state index contributed by atoms with van der Waals surface area (Å²) in [6.07, 6.45) is 4.07. The Balaban J connectivity index is 1.49. The Morgan fingerprint density at radius 2 is 2.05 bits per heavy atom. The molecule has 0 amide bonds. The lowest BCUT2D eigenvalue weighted by Gasteiger charge is -2.29. The maximum atomic E-state index is 4.39. The van der Waals surface area contributed by atoms with Gasteiger partial charge < -0.3 is 10.2 Å². The van der Waals surface area contributed by atoms with E-state index in [-0.39, 0.29) is 0 Å². The molecule has 3 nitrogen and oxygen atoms in total. The summed E-state index contributed by atoms with van der Waals surface area (Å²) in [5.74, 6) is 0.689. The van der Waals surface area contributed by atoms with Crippen LogP contribution in [0.1, 0.15) is 11.3 Å². The summed E-state index contributed by atoms with van der Waals surface area (Å²) in [7, 11) is 2.21. The number of benzene rings is 1. The van der Waals surface area contributed by atoms with Crippen molar-refractivity contribution in [2.24, 2.45) is 5.92 Å². The predicted octanol–water partition coefficient (Wildman–Crippen LogP) is 2.84. The van der Waals surface area contributed by atoms with Crippen molar-refractivity contribution < 1.29 is 0 Å². The van der Waals surface area contributed by atoms with Gasteiger partial charge >= 0.3 is 0 Å². The molecule has 3 heteroatoms. The Morgan fingerprint density at radius 1 is 1.19 bits per heavy atom. The third kappa shape index (κ3) is 3.82. The normalized spacial score (nSPS) is 17.3. The molecule has 1 aromatic heterocycles. The molecule has 0 aliphatic carbocycles. The largest absolute Gasteiger partial charge is 0.384 e. The molecule has 1 aromatic carbocycles. The highest BCUT2D eigenvalue weighted by atomic mass is 15.1. The van der Waals surface area contributed by atoms with E-state index in [4.69, 9.17) is 0 Å². The summed E-state index contributed by atoms with van der Waals surface area (Å²) >= 11 is 0. The molecule has 0 bridgehead atoms. The number of para-hydroxylation sites is 1. The summed E-state index contributed by atoms with van der Waals surface area (Å²) in [5.41, 5.74) is 3.94. The maximum Gasteiger partial charge on any atom is 0.0416 e. The highest BCUT2D eigenvalue weighted by Crippen LogP contribution is 2.24. The van der Waals surface area contributed by atoms with Gasteiger partial charge in [-0.3, -0.25) is 4.98 Å². The lowest BCUT2D eigenvalue weighted by molar-refractivity contribution is 0.280. The van der Waals surface area contributed by atoms with Crippen molar-refractivity contribution in [2.75, 3.05) is 32.0 Å². The smallest absolute Gasteiger partial charge is 0.0416 e. The van der Waals surface area contributed by atoms with Crippen molar-refractivity contribution in [2.45, 2.75) is 12.8 Å². The van der Waals surface area contributed by atoms with Crippen LogP contribution in [0.5, 0.6) is 0 Å². The van der Waals surface area contributed by atoms with Crippen LogP contribution < -0.4 is 5.32 Å². The second-order valence-electron chi connectivity index (χ2n) is 5.94. The molecule has 0 spiro atoms. The van der Waals surface area contributed by atoms with Gasteiger partial charge in [-0.05, 0) is 43.1 Å². The first kappa shape index (κ1) is 14.1. The number of anilines is 1. The van der Waals surface area contributed by atoms with E-state index < -0.39 is 0 Å². The van der Waals surface area contributed by atoms with Crippen LogP contribution in [0.2, 0.25) is 0 Å². The summed E-state index contributed by atoms with van der Waals surface area (Å²) in [5, 5.41) is 3.55. The maximum absolute atomic E-state index is 4.39. The van der Waals surface area contributed by atoms with Gasteiger partial charge in [-0.15, -0.1) is 0 Å².